The van der Waals surface area contributed by atoms with Gasteiger partial charge in [0.05, 0.1) is 4.34 Å². The third-order valence-electron chi connectivity index (χ3n) is 5.87. The van der Waals surface area contributed by atoms with Crippen LogP contribution in [0.25, 0.3) is 0 Å². The lowest BCUT2D eigenvalue weighted by molar-refractivity contribution is -0.132. The minimum atomic E-state index is -4.06. The van der Waals surface area contributed by atoms with Crippen molar-refractivity contribution in [1.29, 1.82) is 0 Å². The van der Waals surface area contributed by atoms with Crippen LogP contribution in [-0.2, 0) is 30.8 Å². The number of hydrogen-bond donors (Lipinski definition) is 5. The summed E-state index contributed by atoms with van der Waals surface area (Å²) < 4.78 is 29.2. The zero-order valence-electron chi connectivity index (χ0n) is 22.7. The van der Waals surface area contributed by atoms with Gasteiger partial charge in [-0.2, -0.15) is 17.4 Å². The second-order valence-electron chi connectivity index (χ2n) is 9.67. The quantitative estimate of drug-likeness (QED) is 0.0719. The van der Waals surface area contributed by atoms with Crippen LogP contribution >= 0.6 is 69.8 Å². The van der Waals surface area contributed by atoms with E-state index in [-0.39, 0.29) is 26.6 Å². The van der Waals surface area contributed by atoms with Gasteiger partial charge in [0.15, 0.2) is 0 Å². The van der Waals surface area contributed by atoms with Gasteiger partial charge in [-0.1, -0.05) is 37.6 Å². The molecule has 0 bridgehead atoms. The highest BCUT2D eigenvalue weighted by Crippen LogP contribution is 2.25. The maximum atomic E-state index is 13.6. The van der Waals surface area contributed by atoms with Gasteiger partial charge in [0.2, 0.25) is 17.7 Å². The zero-order chi connectivity index (χ0) is 30.6. The Morgan fingerprint density at radius 3 is 2.15 bits per heavy atom. The Morgan fingerprint density at radius 1 is 0.951 bits per heavy atom. The van der Waals surface area contributed by atoms with Crippen LogP contribution in [-0.4, -0.2) is 62.4 Å². The van der Waals surface area contributed by atoms with Crippen molar-refractivity contribution in [2.45, 2.75) is 61.9 Å². The molecule has 3 atom stereocenters. The van der Waals surface area contributed by atoms with Crippen molar-refractivity contribution < 1.29 is 22.8 Å². The lowest BCUT2D eigenvalue weighted by Crippen LogP contribution is -2.57. The topological polar surface area (TPSA) is 133 Å². The zero-order valence-corrected chi connectivity index (χ0v) is 28.9. The Hall–Kier alpha value is -1.10. The predicted octanol–water partition coefficient (Wildman–Crippen LogP) is 3.98. The first kappa shape index (κ1) is 36.1. The summed E-state index contributed by atoms with van der Waals surface area (Å²) in [5, 5.41) is 8.27. The highest BCUT2D eigenvalue weighted by molar-refractivity contribution is 14.1. The minimum Gasteiger partial charge on any atom is -0.354 e. The molecule has 9 nitrogen and oxygen atoms in total. The Kier molecular flexibility index (Phi) is 15.7. The van der Waals surface area contributed by atoms with Crippen LogP contribution in [0.3, 0.4) is 0 Å². The number of sulfonamides is 1. The van der Waals surface area contributed by atoms with Gasteiger partial charge in [0.1, 0.15) is 22.3 Å². The molecule has 0 aliphatic heterocycles. The van der Waals surface area contributed by atoms with Gasteiger partial charge in [-0.3, -0.25) is 14.4 Å². The maximum absolute atomic E-state index is 13.6. The van der Waals surface area contributed by atoms with E-state index in [1.54, 1.807) is 0 Å². The third-order valence-corrected chi connectivity index (χ3v) is 10.4. The molecule has 1 heterocycles. The van der Waals surface area contributed by atoms with Gasteiger partial charge in [0, 0.05) is 28.2 Å². The molecular weight excluding hydrogens is 742 g/mol. The summed E-state index contributed by atoms with van der Waals surface area (Å²) in [5.74, 6) is -1.11. The summed E-state index contributed by atoms with van der Waals surface area (Å²) in [6.07, 6.45) is 1.80. The van der Waals surface area contributed by atoms with Crippen molar-refractivity contribution in [3.8, 4) is 0 Å². The molecule has 15 heteroatoms. The van der Waals surface area contributed by atoms with Gasteiger partial charge >= 0.3 is 0 Å². The van der Waals surface area contributed by atoms with E-state index in [0.29, 0.717) is 37.6 Å². The summed E-state index contributed by atoms with van der Waals surface area (Å²) in [6.45, 7) is 4.41. The van der Waals surface area contributed by atoms with E-state index < -0.39 is 40.0 Å². The van der Waals surface area contributed by atoms with Crippen molar-refractivity contribution in [2.24, 2.45) is 5.92 Å². The number of nitrogens with one attached hydrogen (secondary N) is 4. The van der Waals surface area contributed by atoms with E-state index in [9.17, 15) is 22.8 Å². The van der Waals surface area contributed by atoms with Crippen LogP contribution in [0.2, 0.25) is 4.34 Å². The fourth-order valence-corrected chi connectivity index (χ4v) is 7.21. The minimum absolute atomic E-state index is 0.0524. The molecule has 0 aliphatic carbocycles. The first-order valence-corrected chi connectivity index (χ1v) is 17.9. The lowest BCUT2D eigenvalue weighted by atomic mass is 10.0. The molecule has 2 rings (SSSR count). The number of halogens is 3. The normalized spacial score (nSPS) is 13.8. The summed E-state index contributed by atoms with van der Waals surface area (Å²) in [5.41, 5.74) is 0.771. The lowest BCUT2D eigenvalue weighted by Gasteiger charge is -2.25. The van der Waals surface area contributed by atoms with Gasteiger partial charge in [-0.15, -0.1) is 22.9 Å². The number of benzene rings is 1. The summed E-state index contributed by atoms with van der Waals surface area (Å²) in [7, 11) is -4.06. The Balaban J connectivity index is 2.26. The van der Waals surface area contributed by atoms with Crippen LogP contribution in [0, 0.1) is 9.49 Å². The van der Waals surface area contributed by atoms with Gasteiger partial charge in [-0.05, 0) is 77.6 Å². The summed E-state index contributed by atoms with van der Waals surface area (Å²) in [4.78, 5) is 39.7. The average molecular weight is 778 g/mol. The molecular formula is C26H35Cl2IN4O5S3. The molecule has 0 saturated carbocycles. The average Bonchev–Trinajstić information content (AvgIpc) is 3.37. The van der Waals surface area contributed by atoms with Crippen molar-refractivity contribution in [2.75, 3.05) is 18.2 Å². The first-order chi connectivity index (χ1) is 19.4. The van der Waals surface area contributed by atoms with Gasteiger partial charge in [-0.25, -0.2) is 8.42 Å². The Labute approximate surface area is 274 Å². The largest absolute Gasteiger partial charge is 0.354 e. The van der Waals surface area contributed by atoms with Crippen molar-refractivity contribution in [3.63, 3.8) is 0 Å². The van der Waals surface area contributed by atoms with E-state index in [2.05, 4.69) is 55.9 Å². The van der Waals surface area contributed by atoms with E-state index in [1.807, 2.05) is 38.1 Å². The molecule has 2 aromatic rings. The molecule has 1 aromatic heterocycles. The standard InChI is InChI=1S/C26H35Cl2IN4O5S3/c1-16(2)4-9-19(24(34)30-13-3-12-27)31-25(35)20(14-17-5-7-18(29)8-6-17)32-26(36)21(15-39)33-41(37,38)23-11-10-22(28)40-23/h5-8,10-11,16,19-21,33,39H,3-4,9,12-15H2,1-2H3,(H,30,34)(H,31,35)(H,32,36)/t19-,20-,21-/m0/s1. The van der Waals surface area contributed by atoms with Crippen LogP contribution in [0.5, 0.6) is 0 Å². The van der Waals surface area contributed by atoms with Crippen LogP contribution in [0.4, 0.5) is 0 Å². The smallest absolute Gasteiger partial charge is 0.250 e. The second-order valence-corrected chi connectivity index (χ2v) is 15.3. The van der Waals surface area contributed by atoms with E-state index in [4.69, 9.17) is 23.2 Å². The number of thiol groups is 1. The molecule has 3 amide bonds. The number of thiophene rings is 1. The molecule has 0 saturated heterocycles. The molecule has 0 radical (unpaired) electrons. The van der Waals surface area contributed by atoms with Crippen LogP contribution in [0.15, 0.2) is 40.6 Å². The summed E-state index contributed by atoms with van der Waals surface area (Å²) >= 11 is 18.8. The molecule has 0 fully saturated rings. The third kappa shape index (κ3) is 12.6. The molecule has 41 heavy (non-hydrogen) atoms. The number of rotatable bonds is 17. The molecule has 228 valence electrons. The Morgan fingerprint density at radius 2 is 1.59 bits per heavy atom. The molecule has 0 spiro atoms. The van der Waals surface area contributed by atoms with Crippen molar-refractivity contribution in [1.82, 2.24) is 20.7 Å². The monoisotopic (exact) mass is 776 g/mol. The van der Waals surface area contributed by atoms with Gasteiger partial charge < -0.3 is 16.0 Å². The first-order valence-electron chi connectivity index (χ1n) is 12.9. The SMILES string of the molecule is CC(C)CC[C@H](NC(=O)[C@H](Cc1ccc(I)cc1)NC(=O)[C@H](CS)NS(=O)(=O)c1ccc(Cl)s1)C(=O)NCCCCl. The van der Waals surface area contributed by atoms with E-state index in [0.717, 1.165) is 20.5 Å². The highest BCUT2D eigenvalue weighted by atomic mass is 127. The van der Waals surface area contributed by atoms with E-state index >= 15 is 0 Å². The number of carbonyl (C=O) groups excluding carboxylic acids is 3. The number of amides is 3. The summed E-state index contributed by atoms with van der Waals surface area (Å²) in [6, 6.07) is 7.02. The molecule has 0 aliphatic rings. The fourth-order valence-electron chi connectivity index (χ4n) is 3.64. The predicted molar refractivity (Wildman–Crippen MR) is 176 cm³/mol. The van der Waals surface area contributed by atoms with Crippen molar-refractivity contribution in [3.05, 3.63) is 49.9 Å². The number of alkyl halides is 1. The van der Waals surface area contributed by atoms with E-state index in [1.165, 1.54) is 12.1 Å². The fraction of sp³-hybridized carbons (Fsp3) is 0.500. The van der Waals surface area contributed by atoms with Crippen LogP contribution in [0.1, 0.15) is 38.7 Å². The number of hydrogen-bond acceptors (Lipinski definition) is 7. The van der Waals surface area contributed by atoms with Crippen LogP contribution < -0.4 is 20.7 Å². The molecule has 4 N–H and O–H groups in total. The number of carbonyl (C=O) groups is 3. The maximum Gasteiger partial charge on any atom is 0.250 e. The Bertz CT molecular complexity index is 1260. The second kappa shape index (κ2) is 17.9. The van der Waals surface area contributed by atoms with Gasteiger partial charge in [0.25, 0.3) is 10.0 Å². The molecule has 0 unspecified atom stereocenters. The molecule has 1 aromatic carbocycles. The van der Waals surface area contributed by atoms with Crippen molar-refractivity contribution >= 4 is 97.5 Å². The highest BCUT2D eigenvalue weighted by Gasteiger charge is 2.31.